The standard InChI is InChI=1S/C10H17NO2S/c1-2-5-11(7-10(12)13)9-4-3-6-14-8-9/h2,9H,1,3-8H2,(H,12,13). The van der Waals surface area contributed by atoms with Crippen LogP contribution in [-0.2, 0) is 4.79 Å². The summed E-state index contributed by atoms with van der Waals surface area (Å²) in [6, 6.07) is 0.419. The maximum atomic E-state index is 10.6. The zero-order valence-corrected chi connectivity index (χ0v) is 9.13. The Kier molecular flexibility index (Phi) is 5.04. The largest absolute Gasteiger partial charge is 0.480 e. The first kappa shape index (κ1) is 11.6. The third-order valence-electron chi connectivity index (χ3n) is 2.35. The van der Waals surface area contributed by atoms with Crippen LogP contribution in [0.3, 0.4) is 0 Å². The lowest BCUT2D eigenvalue weighted by Crippen LogP contribution is -2.42. The summed E-state index contributed by atoms with van der Waals surface area (Å²) in [6.45, 7) is 4.48. The number of hydrogen-bond acceptors (Lipinski definition) is 3. The minimum atomic E-state index is -0.748. The molecule has 3 nitrogen and oxygen atoms in total. The zero-order chi connectivity index (χ0) is 10.4. The van der Waals surface area contributed by atoms with E-state index >= 15 is 0 Å². The van der Waals surface area contributed by atoms with Gasteiger partial charge in [-0.05, 0) is 18.6 Å². The lowest BCUT2D eigenvalue weighted by molar-refractivity contribution is -0.138. The predicted octanol–water partition coefficient (Wildman–Crippen LogP) is 1.45. The van der Waals surface area contributed by atoms with Gasteiger partial charge in [-0.2, -0.15) is 11.8 Å². The molecular formula is C10H17NO2S. The van der Waals surface area contributed by atoms with E-state index in [-0.39, 0.29) is 6.54 Å². The van der Waals surface area contributed by atoms with Crippen LogP contribution >= 0.6 is 11.8 Å². The molecule has 0 aliphatic carbocycles. The fraction of sp³-hybridized carbons (Fsp3) is 0.700. The summed E-state index contributed by atoms with van der Waals surface area (Å²) in [5, 5.41) is 8.76. The van der Waals surface area contributed by atoms with Crippen LogP contribution in [0.1, 0.15) is 12.8 Å². The van der Waals surface area contributed by atoms with Crippen molar-refractivity contribution in [3.63, 3.8) is 0 Å². The molecule has 1 fully saturated rings. The molecule has 1 unspecified atom stereocenters. The van der Waals surface area contributed by atoms with Crippen LogP contribution in [0, 0.1) is 0 Å². The van der Waals surface area contributed by atoms with Crippen LogP contribution in [-0.4, -0.2) is 46.6 Å². The fourth-order valence-electron chi connectivity index (χ4n) is 1.69. The Balaban J connectivity index is 2.46. The Bertz CT molecular complexity index is 202. The van der Waals surface area contributed by atoms with E-state index in [2.05, 4.69) is 6.58 Å². The number of carboxylic acid groups (broad SMARTS) is 1. The van der Waals surface area contributed by atoms with Gasteiger partial charge in [-0.15, -0.1) is 6.58 Å². The van der Waals surface area contributed by atoms with E-state index in [1.165, 1.54) is 12.2 Å². The first-order valence-electron chi connectivity index (χ1n) is 4.88. The summed E-state index contributed by atoms with van der Waals surface area (Å²) in [5.74, 6) is 1.52. The van der Waals surface area contributed by atoms with Crippen molar-refractivity contribution >= 4 is 17.7 Å². The molecular weight excluding hydrogens is 198 g/mol. The van der Waals surface area contributed by atoms with Gasteiger partial charge in [-0.1, -0.05) is 6.08 Å². The van der Waals surface area contributed by atoms with Crippen molar-refractivity contribution in [1.82, 2.24) is 4.90 Å². The Labute approximate surface area is 89.2 Å². The average Bonchev–Trinajstić information content (AvgIpc) is 2.18. The Morgan fingerprint density at radius 3 is 3.00 bits per heavy atom. The number of thioether (sulfide) groups is 1. The number of carbonyl (C=O) groups is 1. The van der Waals surface area contributed by atoms with E-state index in [0.717, 1.165) is 12.2 Å². The number of rotatable bonds is 5. The van der Waals surface area contributed by atoms with E-state index in [0.29, 0.717) is 12.6 Å². The van der Waals surface area contributed by atoms with Gasteiger partial charge in [0.2, 0.25) is 0 Å². The fourth-order valence-corrected chi connectivity index (χ4v) is 2.88. The quantitative estimate of drug-likeness (QED) is 0.705. The normalized spacial score (nSPS) is 22.2. The van der Waals surface area contributed by atoms with Crippen LogP contribution in [0.15, 0.2) is 12.7 Å². The lowest BCUT2D eigenvalue weighted by atomic mass is 10.1. The molecule has 0 radical (unpaired) electrons. The van der Waals surface area contributed by atoms with Gasteiger partial charge >= 0.3 is 5.97 Å². The highest BCUT2D eigenvalue weighted by atomic mass is 32.2. The van der Waals surface area contributed by atoms with Gasteiger partial charge in [-0.3, -0.25) is 9.69 Å². The smallest absolute Gasteiger partial charge is 0.317 e. The molecule has 4 heteroatoms. The lowest BCUT2D eigenvalue weighted by Gasteiger charge is -2.31. The van der Waals surface area contributed by atoms with Crippen molar-refractivity contribution in [1.29, 1.82) is 0 Å². The molecule has 80 valence electrons. The minimum Gasteiger partial charge on any atom is -0.480 e. The van der Waals surface area contributed by atoms with Gasteiger partial charge in [0.05, 0.1) is 6.54 Å². The molecule has 1 aliphatic heterocycles. The van der Waals surface area contributed by atoms with Crippen molar-refractivity contribution < 1.29 is 9.90 Å². The number of carboxylic acids is 1. The van der Waals surface area contributed by atoms with Crippen molar-refractivity contribution in [2.24, 2.45) is 0 Å². The van der Waals surface area contributed by atoms with Gasteiger partial charge in [0.25, 0.3) is 0 Å². The van der Waals surface area contributed by atoms with Gasteiger partial charge < -0.3 is 5.11 Å². The Morgan fingerprint density at radius 1 is 1.71 bits per heavy atom. The monoisotopic (exact) mass is 215 g/mol. The number of aliphatic carboxylic acids is 1. The predicted molar refractivity (Wildman–Crippen MR) is 59.8 cm³/mol. The van der Waals surface area contributed by atoms with Crippen molar-refractivity contribution in [2.45, 2.75) is 18.9 Å². The van der Waals surface area contributed by atoms with Crippen molar-refractivity contribution in [2.75, 3.05) is 24.6 Å². The SMILES string of the molecule is C=CCN(CC(=O)O)C1CCCSC1. The minimum absolute atomic E-state index is 0.136. The van der Waals surface area contributed by atoms with Crippen LogP contribution in [0.5, 0.6) is 0 Å². The number of hydrogen-bond donors (Lipinski definition) is 1. The zero-order valence-electron chi connectivity index (χ0n) is 8.32. The molecule has 1 aliphatic rings. The molecule has 0 aromatic carbocycles. The second-order valence-corrected chi connectivity index (χ2v) is 4.63. The van der Waals surface area contributed by atoms with Crippen LogP contribution in [0.25, 0.3) is 0 Å². The topological polar surface area (TPSA) is 40.5 Å². The number of nitrogens with zero attached hydrogens (tertiary/aromatic N) is 1. The molecule has 0 amide bonds. The summed E-state index contributed by atoms with van der Waals surface area (Å²) in [5.41, 5.74) is 0. The van der Waals surface area contributed by atoms with Gasteiger partial charge in [0.15, 0.2) is 0 Å². The first-order chi connectivity index (χ1) is 6.74. The highest BCUT2D eigenvalue weighted by Gasteiger charge is 2.21. The Morgan fingerprint density at radius 2 is 2.50 bits per heavy atom. The van der Waals surface area contributed by atoms with E-state index in [4.69, 9.17) is 5.11 Å². The first-order valence-corrected chi connectivity index (χ1v) is 6.04. The maximum absolute atomic E-state index is 10.6. The Hall–Kier alpha value is -0.480. The van der Waals surface area contributed by atoms with Gasteiger partial charge in [-0.25, -0.2) is 0 Å². The molecule has 1 rings (SSSR count). The molecule has 0 aromatic rings. The third-order valence-corrected chi connectivity index (χ3v) is 3.55. The molecule has 14 heavy (non-hydrogen) atoms. The molecule has 1 atom stereocenters. The van der Waals surface area contributed by atoms with Crippen molar-refractivity contribution in [3.8, 4) is 0 Å². The summed E-state index contributed by atoms with van der Waals surface area (Å²) < 4.78 is 0. The van der Waals surface area contributed by atoms with Crippen LogP contribution in [0.4, 0.5) is 0 Å². The molecule has 0 saturated carbocycles. The summed E-state index contributed by atoms with van der Waals surface area (Å²) in [6.07, 6.45) is 4.10. The maximum Gasteiger partial charge on any atom is 0.317 e. The highest BCUT2D eigenvalue weighted by Crippen LogP contribution is 2.21. The molecule has 0 aromatic heterocycles. The van der Waals surface area contributed by atoms with E-state index in [1.54, 1.807) is 6.08 Å². The summed E-state index contributed by atoms with van der Waals surface area (Å²) in [4.78, 5) is 12.6. The molecule has 1 saturated heterocycles. The van der Waals surface area contributed by atoms with Gasteiger partial charge in [0.1, 0.15) is 0 Å². The second kappa shape index (κ2) is 6.09. The molecule has 1 heterocycles. The summed E-state index contributed by atoms with van der Waals surface area (Å²) >= 11 is 1.92. The van der Waals surface area contributed by atoms with Crippen molar-refractivity contribution in [3.05, 3.63) is 12.7 Å². The molecule has 1 N–H and O–H groups in total. The second-order valence-electron chi connectivity index (χ2n) is 3.48. The van der Waals surface area contributed by atoms with E-state index < -0.39 is 5.97 Å². The van der Waals surface area contributed by atoms with Crippen LogP contribution < -0.4 is 0 Å². The average molecular weight is 215 g/mol. The molecule has 0 bridgehead atoms. The third kappa shape index (κ3) is 3.72. The van der Waals surface area contributed by atoms with Crippen LogP contribution in [0.2, 0.25) is 0 Å². The summed E-state index contributed by atoms with van der Waals surface area (Å²) in [7, 11) is 0. The highest BCUT2D eigenvalue weighted by molar-refractivity contribution is 7.99. The van der Waals surface area contributed by atoms with E-state index in [1.807, 2.05) is 16.7 Å². The van der Waals surface area contributed by atoms with Gasteiger partial charge in [0, 0.05) is 18.3 Å². The van der Waals surface area contributed by atoms with E-state index in [9.17, 15) is 4.79 Å². The molecule has 0 spiro atoms.